The third-order valence-corrected chi connectivity index (χ3v) is 3.01. The van der Waals surface area contributed by atoms with Gasteiger partial charge in [-0.25, -0.2) is 0 Å². The number of nitrogens with two attached hydrogens (primary N) is 2. The van der Waals surface area contributed by atoms with E-state index in [2.05, 4.69) is 5.32 Å². The van der Waals surface area contributed by atoms with Gasteiger partial charge in [-0.15, -0.1) is 0 Å². The number of primary amides is 1. The van der Waals surface area contributed by atoms with Crippen molar-refractivity contribution in [2.75, 3.05) is 6.54 Å². The fourth-order valence-electron chi connectivity index (χ4n) is 1.95. The van der Waals surface area contributed by atoms with Gasteiger partial charge in [0, 0.05) is 6.54 Å². The molecule has 1 aliphatic rings. The maximum atomic E-state index is 11.9. The maximum Gasteiger partial charge on any atom is 0.243 e. The minimum atomic E-state index is -0.745. The average Bonchev–Trinajstić information content (AvgIpc) is 2.76. The van der Waals surface area contributed by atoms with Crippen LogP contribution < -0.4 is 16.8 Å². The van der Waals surface area contributed by atoms with Gasteiger partial charge in [0.15, 0.2) is 0 Å². The fraction of sp³-hybridized carbons (Fsp3) is 0.727. The number of hydrogen-bond acceptors (Lipinski definition) is 4. The van der Waals surface area contributed by atoms with Crippen LogP contribution in [0.4, 0.5) is 0 Å². The monoisotopic (exact) mass is 256 g/mol. The van der Waals surface area contributed by atoms with Crippen molar-refractivity contribution in [2.45, 2.75) is 44.8 Å². The Hall–Kier alpha value is -1.63. The van der Waals surface area contributed by atoms with E-state index < -0.39 is 24.0 Å². The van der Waals surface area contributed by atoms with Gasteiger partial charge in [0.1, 0.15) is 12.1 Å². The topological polar surface area (TPSA) is 119 Å². The van der Waals surface area contributed by atoms with E-state index in [1.165, 1.54) is 11.8 Å². The Balaban J connectivity index is 2.67. The number of rotatable bonds is 4. The zero-order valence-corrected chi connectivity index (χ0v) is 10.7. The predicted molar refractivity (Wildman–Crippen MR) is 65.2 cm³/mol. The average molecular weight is 256 g/mol. The van der Waals surface area contributed by atoms with E-state index in [9.17, 15) is 14.4 Å². The van der Waals surface area contributed by atoms with Crippen LogP contribution in [0.1, 0.15) is 26.7 Å². The quantitative estimate of drug-likeness (QED) is 0.556. The molecule has 0 aromatic rings. The number of carbonyl (C=O) groups is 3. The van der Waals surface area contributed by atoms with Gasteiger partial charge in [0.25, 0.3) is 0 Å². The minimum absolute atomic E-state index is 0.251. The summed E-state index contributed by atoms with van der Waals surface area (Å²) in [6, 6.07) is -1.93. The van der Waals surface area contributed by atoms with Crippen LogP contribution in [0, 0.1) is 0 Å². The van der Waals surface area contributed by atoms with E-state index in [0.717, 1.165) is 6.42 Å². The van der Waals surface area contributed by atoms with Crippen molar-refractivity contribution in [3.8, 4) is 0 Å². The summed E-state index contributed by atoms with van der Waals surface area (Å²) in [6.07, 6.45) is 1.33. The molecule has 0 aromatic carbocycles. The minimum Gasteiger partial charge on any atom is -0.368 e. The highest BCUT2D eigenvalue weighted by atomic mass is 16.2. The molecule has 0 saturated carbocycles. The normalized spacial score (nSPS) is 22.4. The number of amides is 3. The molecule has 0 radical (unpaired) electrons. The lowest BCUT2D eigenvalue weighted by molar-refractivity contribution is -0.139. The molecule has 102 valence electrons. The molecule has 0 spiro atoms. The summed E-state index contributed by atoms with van der Waals surface area (Å²) in [5.74, 6) is -1.21. The van der Waals surface area contributed by atoms with Crippen molar-refractivity contribution in [1.29, 1.82) is 0 Å². The Labute approximate surface area is 106 Å². The summed E-state index contributed by atoms with van der Waals surface area (Å²) in [4.78, 5) is 36.1. The van der Waals surface area contributed by atoms with E-state index in [1.807, 2.05) is 0 Å². The van der Waals surface area contributed by atoms with Crippen LogP contribution in [-0.4, -0.2) is 47.3 Å². The highest BCUT2D eigenvalue weighted by Crippen LogP contribution is 2.18. The Morgan fingerprint density at radius 2 is 1.94 bits per heavy atom. The van der Waals surface area contributed by atoms with E-state index in [-0.39, 0.29) is 11.8 Å². The molecule has 18 heavy (non-hydrogen) atoms. The zero-order chi connectivity index (χ0) is 13.9. The summed E-state index contributed by atoms with van der Waals surface area (Å²) in [7, 11) is 0. The fourth-order valence-corrected chi connectivity index (χ4v) is 1.95. The van der Waals surface area contributed by atoms with Crippen LogP contribution in [0.3, 0.4) is 0 Å². The first-order chi connectivity index (χ1) is 8.34. The Bertz CT molecular complexity index is 356. The van der Waals surface area contributed by atoms with Crippen molar-refractivity contribution in [1.82, 2.24) is 10.2 Å². The summed E-state index contributed by atoms with van der Waals surface area (Å²) in [6.45, 7) is 3.61. The van der Waals surface area contributed by atoms with Gasteiger partial charge in [0.05, 0.1) is 6.04 Å². The number of nitrogens with one attached hydrogen (secondary N) is 1. The predicted octanol–water partition coefficient (Wildman–Crippen LogP) is -1.69. The Morgan fingerprint density at radius 3 is 2.44 bits per heavy atom. The van der Waals surface area contributed by atoms with Gasteiger partial charge in [-0.05, 0) is 26.7 Å². The Morgan fingerprint density at radius 1 is 1.33 bits per heavy atom. The molecule has 0 unspecified atom stereocenters. The molecule has 5 N–H and O–H groups in total. The van der Waals surface area contributed by atoms with Crippen molar-refractivity contribution in [2.24, 2.45) is 11.5 Å². The van der Waals surface area contributed by atoms with Crippen LogP contribution in [0.5, 0.6) is 0 Å². The van der Waals surface area contributed by atoms with Crippen LogP contribution in [-0.2, 0) is 14.4 Å². The largest absolute Gasteiger partial charge is 0.368 e. The zero-order valence-electron chi connectivity index (χ0n) is 10.7. The van der Waals surface area contributed by atoms with Gasteiger partial charge in [-0.3, -0.25) is 14.4 Å². The molecular formula is C11H20N4O3. The van der Waals surface area contributed by atoms with Gasteiger partial charge in [0.2, 0.25) is 17.7 Å². The first-order valence-electron chi connectivity index (χ1n) is 6.00. The van der Waals surface area contributed by atoms with Crippen LogP contribution in [0.15, 0.2) is 0 Å². The third-order valence-electron chi connectivity index (χ3n) is 3.01. The molecular weight excluding hydrogens is 236 g/mol. The molecule has 1 heterocycles. The second-order valence-electron chi connectivity index (χ2n) is 4.61. The van der Waals surface area contributed by atoms with E-state index >= 15 is 0 Å². The van der Waals surface area contributed by atoms with E-state index in [4.69, 9.17) is 11.5 Å². The smallest absolute Gasteiger partial charge is 0.243 e. The van der Waals surface area contributed by atoms with Crippen molar-refractivity contribution in [3.63, 3.8) is 0 Å². The second-order valence-corrected chi connectivity index (χ2v) is 4.61. The van der Waals surface area contributed by atoms with Gasteiger partial charge in [-0.2, -0.15) is 0 Å². The molecule has 1 fully saturated rings. The molecule has 0 aromatic heterocycles. The van der Waals surface area contributed by atoms with Gasteiger partial charge < -0.3 is 21.7 Å². The van der Waals surface area contributed by atoms with Gasteiger partial charge >= 0.3 is 0 Å². The SMILES string of the molecule is C[C@H](NC(=O)[C@@H]1CCCN1C(=O)[C@@H](C)N)C(N)=O. The third kappa shape index (κ3) is 3.19. The van der Waals surface area contributed by atoms with Gasteiger partial charge in [-0.1, -0.05) is 0 Å². The van der Waals surface area contributed by atoms with Crippen molar-refractivity contribution < 1.29 is 14.4 Å². The molecule has 7 heteroatoms. The summed E-state index contributed by atoms with van der Waals surface area (Å²) in [5.41, 5.74) is 10.6. The number of nitrogens with zero attached hydrogens (tertiary/aromatic N) is 1. The van der Waals surface area contributed by atoms with E-state index in [0.29, 0.717) is 13.0 Å². The van der Waals surface area contributed by atoms with E-state index in [1.54, 1.807) is 6.92 Å². The molecule has 1 saturated heterocycles. The lowest BCUT2D eigenvalue weighted by Crippen LogP contribution is -2.53. The first kappa shape index (κ1) is 14.4. The molecule has 1 aliphatic heterocycles. The van der Waals surface area contributed by atoms with Crippen molar-refractivity contribution in [3.05, 3.63) is 0 Å². The molecule has 3 amide bonds. The second kappa shape index (κ2) is 5.81. The number of likely N-dealkylation sites (tertiary alicyclic amines) is 1. The van der Waals surface area contributed by atoms with Crippen LogP contribution in [0.25, 0.3) is 0 Å². The summed E-state index contributed by atoms with van der Waals surface area (Å²) in [5, 5.41) is 2.50. The highest BCUT2D eigenvalue weighted by molar-refractivity contribution is 5.92. The maximum absolute atomic E-state index is 11.9. The van der Waals surface area contributed by atoms with Crippen molar-refractivity contribution >= 4 is 17.7 Å². The molecule has 0 bridgehead atoms. The molecule has 3 atom stereocenters. The molecule has 7 nitrogen and oxygen atoms in total. The molecule has 0 aliphatic carbocycles. The highest BCUT2D eigenvalue weighted by Gasteiger charge is 2.35. The lowest BCUT2D eigenvalue weighted by atomic mass is 10.1. The number of carbonyl (C=O) groups excluding carboxylic acids is 3. The number of hydrogen-bond donors (Lipinski definition) is 3. The Kier molecular flexibility index (Phi) is 4.66. The standard InChI is InChI=1S/C11H20N4O3/c1-6(12)11(18)15-5-3-4-8(15)10(17)14-7(2)9(13)16/h6-8H,3-5,12H2,1-2H3,(H2,13,16)(H,14,17)/t6-,7+,8+/m1/s1. The lowest BCUT2D eigenvalue weighted by Gasteiger charge is -2.26. The summed E-state index contributed by atoms with van der Waals surface area (Å²) < 4.78 is 0. The van der Waals surface area contributed by atoms with Crippen LogP contribution in [0.2, 0.25) is 0 Å². The molecule has 1 rings (SSSR count). The first-order valence-corrected chi connectivity index (χ1v) is 6.00. The summed E-state index contributed by atoms with van der Waals surface area (Å²) >= 11 is 0. The van der Waals surface area contributed by atoms with Crippen LogP contribution >= 0.6 is 0 Å².